The van der Waals surface area contributed by atoms with Gasteiger partial charge in [-0.15, -0.1) is 0 Å². The molecule has 0 saturated carbocycles. The van der Waals surface area contributed by atoms with Crippen LogP contribution >= 0.6 is 0 Å². The Balaban J connectivity index is 2.15. The first kappa shape index (κ1) is 16.9. The van der Waals surface area contributed by atoms with E-state index in [1.54, 1.807) is 32.0 Å². The number of carbonyl (C=O) groups is 1. The molecule has 2 aromatic rings. The van der Waals surface area contributed by atoms with Crippen molar-refractivity contribution in [2.24, 2.45) is 0 Å². The summed E-state index contributed by atoms with van der Waals surface area (Å²) in [6.07, 6.45) is -0.177. The van der Waals surface area contributed by atoms with Crippen molar-refractivity contribution >= 4 is 5.97 Å². The van der Waals surface area contributed by atoms with Gasteiger partial charge in [-0.25, -0.2) is 4.79 Å². The zero-order valence-electron chi connectivity index (χ0n) is 14.0. The smallest absolute Gasteiger partial charge is 0.338 e. The molecule has 1 aromatic carbocycles. The van der Waals surface area contributed by atoms with Gasteiger partial charge in [-0.05, 0) is 45.9 Å². The van der Waals surface area contributed by atoms with Crippen molar-refractivity contribution in [2.75, 3.05) is 7.11 Å². The number of aromatic nitrogens is 1. The van der Waals surface area contributed by atoms with Crippen LogP contribution in [-0.2, 0) is 11.3 Å². The van der Waals surface area contributed by atoms with Crippen molar-refractivity contribution in [1.82, 2.24) is 5.16 Å². The molecule has 0 bridgehead atoms. The fourth-order valence-corrected chi connectivity index (χ4v) is 2.05. The van der Waals surface area contributed by atoms with Crippen LogP contribution in [0, 0.1) is 13.8 Å². The van der Waals surface area contributed by atoms with Gasteiger partial charge in [-0.2, -0.15) is 0 Å². The number of esters is 1. The average molecular weight is 319 g/mol. The molecule has 0 aliphatic rings. The average Bonchev–Trinajstić information content (AvgIpc) is 2.83. The van der Waals surface area contributed by atoms with Gasteiger partial charge in [0.05, 0.1) is 30.0 Å². The largest absolute Gasteiger partial charge is 0.493 e. The van der Waals surface area contributed by atoms with Crippen molar-refractivity contribution in [3.05, 3.63) is 40.8 Å². The third kappa shape index (κ3) is 4.03. The van der Waals surface area contributed by atoms with Gasteiger partial charge in [0.1, 0.15) is 12.4 Å². The lowest BCUT2D eigenvalue weighted by molar-refractivity contribution is 0.0377. The molecule has 0 amide bonds. The van der Waals surface area contributed by atoms with Crippen LogP contribution in [0.3, 0.4) is 0 Å². The van der Waals surface area contributed by atoms with Crippen LogP contribution in [-0.4, -0.2) is 24.3 Å². The molecule has 0 N–H and O–H groups in total. The lowest BCUT2D eigenvalue weighted by atomic mass is 10.2. The minimum atomic E-state index is -0.393. The van der Waals surface area contributed by atoms with Crippen molar-refractivity contribution in [1.29, 1.82) is 0 Å². The van der Waals surface area contributed by atoms with Gasteiger partial charge in [-0.1, -0.05) is 5.16 Å². The number of hydrogen-bond acceptors (Lipinski definition) is 6. The number of hydrogen-bond donors (Lipinski definition) is 0. The van der Waals surface area contributed by atoms with Gasteiger partial charge < -0.3 is 18.7 Å². The van der Waals surface area contributed by atoms with E-state index in [9.17, 15) is 4.79 Å². The third-order valence-corrected chi connectivity index (χ3v) is 3.30. The Hall–Kier alpha value is -2.50. The summed E-state index contributed by atoms with van der Waals surface area (Å²) >= 11 is 0. The first-order valence-electron chi connectivity index (χ1n) is 7.36. The number of ether oxygens (including phenoxy) is 3. The van der Waals surface area contributed by atoms with E-state index in [1.165, 1.54) is 7.11 Å². The van der Waals surface area contributed by atoms with Crippen LogP contribution < -0.4 is 9.47 Å². The Morgan fingerprint density at radius 1 is 1.26 bits per heavy atom. The van der Waals surface area contributed by atoms with Crippen molar-refractivity contribution < 1.29 is 23.5 Å². The summed E-state index contributed by atoms with van der Waals surface area (Å²) in [5, 5.41) is 3.89. The van der Waals surface area contributed by atoms with Crippen LogP contribution in [0.15, 0.2) is 22.7 Å². The normalized spacial score (nSPS) is 10.7. The first-order valence-corrected chi connectivity index (χ1v) is 7.36. The van der Waals surface area contributed by atoms with Crippen LogP contribution in [0.5, 0.6) is 11.5 Å². The highest BCUT2D eigenvalue weighted by Gasteiger charge is 2.15. The minimum absolute atomic E-state index is 0.177. The molecule has 2 rings (SSSR count). The summed E-state index contributed by atoms with van der Waals surface area (Å²) in [5.74, 6) is 1.33. The summed E-state index contributed by atoms with van der Waals surface area (Å²) in [5.41, 5.74) is 2.11. The number of carbonyl (C=O) groups excluding carboxylic acids is 1. The Labute approximate surface area is 135 Å². The summed E-state index contributed by atoms with van der Waals surface area (Å²) in [4.78, 5) is 11.9. The van der Waals surface area contributed by atoms with E-state index in [1.807, 2.05) is 13.8 Å². The molecule has 6 heteroatoms. The van der Waals surface area contributed by atoms with Crippen molar-refractivity contribution in [2.45, 2.75) is 40.4 Å². The maximum atomic E-state index is 11.9. The summed E-state index contributed by atoms with van der Waals surface area (Å²) in [7, 11) is 1.52. The molecule has 0 spiro atoms. The molecule has 1 heterocycles. The second-order valence-corrected chi connectivity index (χ2v) is 5.41. The van der Waals surface area contributed by atoms with E-state index >= 15 is 0 Å². The molecular formula is C17H21NO5. The van der Waals surface area contributed by atoms with Gasteiger partial charge in [0.15, 0.2) is 11.5 Å². The Morgan fingerprint density at radius 3 is 2.57 bits per heavy atom. The van der Waals surface area contributed by atoms with E-state index in [2.05, 4.69) is 5.16 Å². The number of benzene rings is 1. The monoisotopic (exact) mass is 319 g/mol. The standard InChI is InChI=1S/C17H21NO5/c1-10(2)22-17(19)13-6-7-15(16(8-13)20-5)21-9-14-11(3)18-23-12(14)4/h6-8,10H,9H2,1-5H3. The fourth-order valence-electron chi connectivity index (χ4n) is 2.05. The molecule has 0 saturated heterocycles. The number of rotatable bonds is 6. The lowest BCUT2D eigenvalue weighted by Gasteiger charge is -2.13. The van der Waals surface area contributed by atoms with E-state index in [0.29, 0.717) is 23.7 Å². The van der Waals surface area contributed by atoms with Crippen LogP contribution in [0.25, 0.3) is 0 Å². The zero-order valence-corrected chi connectivity index (χ0v) is 14.0. The van der Waals surface area contributed by atoms with Crippen molar-refractivity contribution in [3.63, 3.8) is 0 Å². The molecule has 23 heavy (non-hydrogen) atoms. The molecule has 6 nitrogen and oxygen atoms in total. The Bertz CT molecular complexity index is 671. The number of aryl methyl sites for hydroxylation is 2. The maximum absolute atomic E-state index is 11.9. The number of nitrogens with zero attached hydrogens (tertiary/aromatic N) is 1. The zero-order chi connectivity index (χ0) is 17.0. The highest BCUT2D eigenvalue weighted by molar-refractivity contribution is 5.90. The second kappa shape index (κ2) is 7.17. The van der Waals surface area contributed by atoms with Gasteiger partial charge in [0.25, 0.3) is 0 Å². The molecular weight excluding hydrogens is 298 g/mol. The van der Waals surface area contributed by atoms with E-state index < -0.39 is 5.97 Å². The van der Waals surface area contributed by atoms with Crippen LogP contribution in [0.2, 0.25) is 0 Å². The maximum Gasteiger partial charge on any atom is 0.338 e. The summed E-state index contributed by atoms with van der Waals surface area (Å²) in [6, 6.07) is 4.94. The van der Waals surface area contributed by atoms with E-state index in [-0.39, 0.29) is 6.10 Å². The third-order valence-electron chi connectivity index (χ3n) is 3.30. The molecule has 124 valence electrons. The Kier molecular flexibility index (Phi) is 5.26. The summed E-state index contributed by atoms with van der Waals surface area (Å²) < 4.78 is 21.3. The molecule has 0 unspecified atom stereocenters. The fraction of sp³-hybridized carbons (Fsp3) is 0.412. The predicted molar refractivity (Wildman–Crippen MR) is 83.9 cm³/mol. The van der Waals surface area contributed by atoms with Crippen LogP contribution in [0.1, 0.15) is 41.2 Å². The molecule has 0 atom stereocenters. The molecule has 1 aromatic heterocycles. The Morgan fingerprint density at radius 2 is 2.00 bits per heavy atom. The van der Waals surface area contributed by atoms with Crippen molar-refractivity contribution in [3.8, 4) is 11.5 Å². The van der Waals surface area contributed by atoms with Gasteiger partial charge in [0, 0.05) is 0 Å². The van der Waals surface area contributed by atoms with E-state index in [0.717, 1.165) is 17.0 Å². The molecule has 0 radical (unpaired) electrons. The second-order valence-electron chi connectivity index (χ2n) is 5.41. The SMILES string of the molecule is COc1cc(C(=O)OC(C)C)ccc1OCc1c(C)noc1C. The lowest BCUT2D eigenvalue weighted by Crippen LogP contribution is -2.11. The highest BCUT2D eigenvalue weighted by atomic mass is 16.5. The molecule has 0 aliphatic carbocycles. The van der Waals surface area contributed by atoms with E-state index in [4.69, 9.17) is 18.7 Å². The van der Waals surface area contributed by atoms with Gasteiger partial charge >= 0.3 is 5.97 Å². The number of methoxy groups -OCH3 is 1. The minimum Gasteiger partial charge on any atom is -0.493 e. The first-order chi connectivity index (χ1) is 10.9. The molecule has 0 aliphatic heterocycles. The highest BCUT2D eigenvalue weighted by Crippen LogP contribution is 2.29. The predicted octanol–water partition coefficient (Wildman–Crippen LogP) is 3.44. The molecule has 0 fully saturated rings. The van der Waals surface area contributed by atoms with Crippen LogP contribution in [0.4, 0.5) is 0 Å². The summed E-state index contributed by atoms with van der Waals surface area (Å²) in [6.45, 7) is 7.61. The quantitative estimate of drug-likeness (QED) is 0.760. The van der Waals surface area contributed by atoms with Gasteiger partial charge in [-0.3, -0.25) is 0 Å². The van der Waals surface area contributed by atoms with Gasteiger partial charge in [0.2, 0.25) is 0 Å². The topological polar surface area (TPSA) is 70.8 Å².